The fraction of sp³-hybridized carbons (Fsp3) is 0.400. The van der Waals surface area contributed by atoms with Gasteiger partial charge in [-0.3, -0.25) is 0 Å². The van der Waals surface area contributed by atoms with Gasteiger partial charge in [-0.15, -0.1) is 0 Å². The van der Waals surface area contributed by atoms with E-state index in [0.717, 1.165) is 12.1 Å². The summed E-state index contributed by atoms with van der Waals surface area (Å²) in [6.45, 7) is -3.36. The normalized spacial score (nSPS) is 12.9. The Morgan fingerprint density at radius 1 is 1.21 bits per heavy atom. The Labute approximate surface area is 107 Å². The van der Waals surface area contributed by atoms with Crippen LogP contribution in [0.1, 0.15) is 0 Å². The maximum absolute atomic E-state index is 13.4. The van der Waals surface area contributed by atoms with Gasteiger partial charge in [-0.1, -0.05) is 12.1 Å². The van der Waals surface area contributed by atoms with Crippen LogP contribution in [-0.2, 0) is 10.0 Å². The molecule has 0 unspecified atom stereocenters. The third-order valence-electron chi connectivity index (χ3n) is 2.16. The molecule has 0 heterocycles. The van der Waals surface area contributed by atoms with Crippen molar-refractivity contribution in [3.8, 4) is 0 Å². The second-order valence-electron chi connectivity index (χ2n) is 3.61. The SMILES string of the molecule is O=S(=O)(c1ccccc1F)N(CCO)CC(F)(F)F. The first kappa shape index (κ1) is 15.9. The lowest BCUT2D eigenvalue weighted by molar-refractivity contribution is -0.136. The van der Waals surface area contributed by atoms with Crippen molar-refractivity contribution in [3.63, 3.8) is 0 Å². The maximum Gasteiger partial charge on any atom is 0.402 e. The lowest BCUT2D eigenvalue weighted by atomic mass is 10.4. The van der Waals surface area contributed by atoms with Crippen molar-refractivity contribution >= 4 is 10.0 Å². The molecule has 0 radical (unpaired) electrons. The van der Waals surface area contributed by atoms with Gasteiger partial charge in [0.1, 0.15) is 17.3 Å². The van der Waals surface area contributed by atoms with Crippen LogP contribution in [-0.4, -0.2) is 43.7 Å². The Bertz CT molecular complexity index is 530. The van der Waals surface area contributed by atoms with Crippen LogP contribution < -0.4 is 0 Å². The first-order chi connectivity index (χ1) is 8.68. The predicted molar refractivity (Wildman–Crippen MR) is 58.3 cm³/mol. The minimum atomic E-state index is -4.78. The molecule has 1 rings (SSSR count). The summed E-state index contributed by atoms with van der Waals surface area (Å²) in [5, 5.41) is 8.65. The highest BCUT2D eigenvalue weighted by Crippen LogP contribution is 2.23. The van der Waals surface area contributed by atoms with Crippen LogP contribution in [0, 0.1) is 5.82 Å². The Balaban J connectivity index is 3.17. The molecule has 0 bridgehead atoms. The van der Waals surface area contributed by atoms with E-state index in [2.05, 4.69) is 0 Å². The van der Waals surface area contributed by atoms with Gasteiger partial charge < -0.3 is 5.11 Å². The number of benzene rings is 1. The largest absolute Gasteiger partial charge is 0.402 e. The van der Waals surface area contributed by atoms with E-state index in [1.165, 1.54) is 12.1 Å². The van der Waals surface area contributed by atoms with Gasteiger partial charge in [0.05, 0.1) is 6.61 Å². The summed E-state index contributed by atoms with van der Waals surface area (Å²) in [4.78, 5) is -0.854. The molecule has 0 saturated carbocycles. The Hall–Kier alpha value is -1.19. The number of hydrogen-bond acceptors (Lipinski definition) is 3. The summed E-state index contributed by atoms with van der Waals surface area (Å²) in [7, 11) is -4.65. The third kappa shape index (κ3) is 4.15. The van der Waals surface area contributed by atoms with Crippen molar-refractivity contribution in [2.45, 2.75) is 11.1 Å². The molecule has 0 aromatic heterocycles. The molecule has 1 aromatic rings. The van der Waals surface area contributed by atoms with Gasteiger partial charge in [0.2, 0.25) is 10.0 Å². The average molecular weight is 301 g/mol. The number of rotatable bonds is 5. The standard InChI is InChI=1S/C10H11F4NO3S/c11-8-3-1-2-4-9(8)19(17,18)15(5-6-16)7-10(12,13)14/h1-4,16H,5-7H2. The van der Waals surface area contributed by atoms with Crippen molar-refractivity contribution in [2.75, 3.05) is 19.7 Å². The summed E-state index contributed by atoms with van der Waals surface area (Å²) in [5.74, 6) is -1.15. The monoisotopic (exact) mass is 301 g/mol. The molecular weight excluding hydrogens is 290 g/mol. The van der Waals surface area contributed by atoms with Crippen molar-refractivity contribution in [3.05, 3.63) is 30.1 Å². The van der Waals surface area contributed by atoms with Crippen molar-refractivity contribution in [1.82, 2.24) is 4.31 Å². The molecule has 0 aliphatic rings. The number of nitrogens with zero attached hydrogens (tertiary/aromatic N) is 1. The van der Waals surface area contributed by atoms with Crippen LogP contribution >= 0.6 is 0 Å². The van der Waals surface area contributed by atoms with Crippen LogP contribution in [0.4, 0.5) is 17.6 Å². The molecule has 4 nitrogen and oxygen atoms in total. The van der Waals surface area contributed by atoms with Gasteiger partial charge in [-0.05, 0) is 12.1 Å². The van der Waals surface area contributed by atoms with E-state index in [1.807, 2.05) is 0 Å². The fourth-order valence-electron chi connectivity index (χ4n) is 1.39. The van der Waals surface area contributed by atoms with E-state index < -0.39 is 46.6 Å². The Morgan fingerprint density at radius 3 is 2.26 bits per heavy atom. The average Bonchev–Trinajstić information content (AvgIpc) is 2.27. The fourth-order valence-corrected chi connectivity index (χ4v) is 2.87. The molecule has 0 aliphatic carbocycles. The van der Waals surface area contributed by atoms with E-state index in [1.54, 1.807) is 0 Å². The van der Waals surface area contributed by atoms with E-state index >= 15 is 0 Å². The summed E-state index contributed by atoms with van der Waals surface area (Å²) < 4.78 is 74.0. The highest BCUT2D eigenvalue weighted by molar-refractivity contribution is 7.89. The predicted octanol–water partition coefficient (Wildman–Crippen LogP) is 1.37. The molecule has 0 fully saturated rings. The molecule has 108 valence electrons. The summed E-state index contributed by atoms with van der Waals surface area (Å²) >= 11 is 0. The smallest absolute Gasteiger partial charge is 0.395 e. The third-order valence-corrected chi connectivity index (χ3v) is 4.04. The molecule has 0 amide bonds. The number of sulfonamides is 1. The molecule has 1 aromatic carbocycles. The molecule has 0 aliphatic heterocycles. The minimum Gasteiger partial charge on any atom is -0.395 e. The molecule has 0 saturated heterocycles. The zero-order valence-electron chi connectivity index (χ0n) is 9.56. The Kier molecular flexibility index (Phi) is 4.88. The number of hydrogen-bond donors (Lipinski definition) is 1. The summed E-state index contributed by atoms with van der Waals surface area (Å²) in [5.41, 5.74) is 0. The van der Waals surface area contributed by atoms with Crippen LogP contribution in [0.3, 0.4) is 0 Å². The molecule has 0 atom stereocenters. The number of alkyl halides is 3. The second-order valence-corrected chi connectivity index (χ2v) is 5.51. The van der Waals surface area contributed by atoms with E-state index in [0.29, 0.717) is 0 Å². The zero-order chi connectivity index (χ0) is 14.7. The van der Waals surface area contributed by atoms with Gasteiger partial charge in [-0.25, -0.2) is 12.8 Å². The molecule has 9 heteroatoms. The Morgan fingerprint density at radius 2 is 1.79 bits per heavy atom. The highest BCUT2D eigenvalue weighted by Gasteiger charge is 2.37. The van der Waals surface area contributed by atoms with E-state index in [4.69, 9.17) is 5.11 Å². The van der Waals surface area contributed by atoms with Gasteiger partial charge in [0.15, 0.2) is 0 Å². The van der Waals surface area contributed by atoms with Crippen LogP contribution in [0.15, 0.2) is 29.2 Å². The zero-order valence-corrected chi connectivity index (χ0v) is 10.4. The molecule has 19 heavy (non-hydrogen) atoms. The first-order valence-corrected chi connectivity index (χ1v) is 6.55. The van der Waals surface area contributed by atoms with E-state index in [9.17, 15) is 26.0 Å². The molecular formula is C10H11F4NO3S. The topological polar surface area (TPSA) is 57.6 Å². The van der Waals surface area contributed by atoms with Gasteiger partial charge >= 0.3 is 6.18 Å². The van der Waals surface area contributed by atoms with Crippen LogP contribution in [0.25, 0.3) is 0 Å². The lowest BCUT2D eigenvalue weighted by Gasteiger charge is -2.22. The van der Waals surface area contributed by atoms with Gasteiger partial charge in [-0.2, -0.15) is 17.5 Å². The summed E-state index contributed by atoms with van der Waals surface area (Å²) in [6.07, 6.45) is -4.78. The summed E-state index contributed by atoms with van der Waals surface area (Å²) in [6, 6.07) is 4.11. The maximum atomic E-state index is 13.4. The molecule has 0 spiro atoms. The van der Waals surface area contributed by atoms with Gasteiger partial charge in [0.25, 0.3) is 0 Å². The lowest BCUT2D eigenvalue weighted by Crippen LogP contribution is -2.40. The second kappa shape index (κ2) is 5.85. The first-order valence-electron chi connectivity index (χ1n) is 5.11. The van der Waals surface area contributed by atoms with Crippen LogP contribution in [0.2, 0.25) is 0 Å². The minimum absolute atomic E-state index is 0.00852. The van der Waals surface area contributed by atoms with Crippen molar-refractivity contribution in [1.29, 1.82) is 0 Å². The molecule has 1 N–H and O–H groups in total. The van der Waals surface area contributed by atoms with Crippen molar-refractivity contribution in [2.24, 2.45) is 0 Å². The quantitative estimate of drug-likeness (QED) is 0.836. The number of aliphatic hydroxyl groups excluding tert-OH is 1. The number of halogens is 4. The van der Waals surface area contributed by atoms with Crippen LogP contribution in [0.5, 0.6) is 0 Å². The highest BCUT2D eigenvalue weighted by atomic mass is 32.2. The van der Waals surface area contributed by atoms with Gasteiger partial charge in [0, 0.05) is 6.54 Å². The number of aliphatic hydroxyl groups is 1. The van der Waals surface area contributed by atoms with E-state index in [-0.39, 0.29) is 4.31 Å². The van der Waals surface area contributed by atoms with Crippen molar-refractivity contribution < 1.29 is 31.1 Å².